The number of rotatable bonds is 8. The quantitative estimate of drug-likeness (QED) is 0.385. The van der Waals surface area contributed by atoms with E-state index >= 15 is 0 Å². The summed E-state index contributed by atoms with van der Waals surface area (Å²) >= 11 is 0. The number of para-hydroxylation sites is 1. The highest BCUT2D eigenvalue weighted by Crippen LogP contribution is 2.48. The standard InChI is InChI=1S/C31H35N5O5/c1-35-25-8-3-2-6-23(25)26(27(35)29(38)39)31(30(33)40)13-5-4-7-24(31)28(37)34-21(19-32)18-20-9-11-22(12-10-20)36-14-16-41-17-15-36/h2-3,6,8-12,21,24H,4-5,7,13-18H2,1H3,(H2,33,40)(H,34,37)(H,38,39)/t21?,24-,31-/m0/s1. The Morgan fingerprint density at radius 3 is 2.51 bits per heavy atom. The van der Waals surface area contributed by atoms with Crippen LogP contribution in [-0.4, -0.2) is 59.8 Å². The summed E-state index contributed by atoms with van der Waals surface area (Å²) in [5, 5.41) is 23.6. The van der Waals surface area contributed by atoms with E-state index in [4.69, 9.17) is 10.5 Å². The Morgan fingerprint density at radius 2 is 1.85 bits per heavy atom. The molecule has 0 spiro atoms. The van der Waals surface area contributed by atoms with Crippen LogP contribution >= 0.6 is 0 Å². The van der Waals surface area contributed by atoms with Crippen LogP contribution in [0.4, 0.5) is 5.69 Å². The van der Waals surface area contributed by atoms with Gasteiger partial charge in [0.15, 0.2) is 0 Å². The van der Waals surface area contributed by atoms with Gasteiger partial charge < -0.3 is 30.4 Å². The first-order chi connectivity index (χ1) is 19.8. The van der Waals surface area contributed by atoms with Crippen LogP contribution in [0.3, 0.4) is 0 Å². The van der Waals surface area contributed by atoms with Crippen LogP contribution in [0.1, 0.15) is 47.3 Å². The number of carbonyl (C=O) groups excluding carboxylic acids is 2. The number of fused-ring (bicyclic) bond motifs is 1. The van der Waals surface area contributed by atoms with E-state index in [2.05, 4.69) is 16.3 Å². The number of anilines is 1. The van der Waals surface area contributed by atoms with Crippen molar-refractivity contribution in [3.63, 3.8) is 0 Å². The molecule has 1 aromatic heterocycles. The van der Waals surface area contributed by atoms with Crippen LogP contribution in [-0.2, 0) is 33.2 Å². The Kier molecular flexibility index (Phi) is 7.99. The maximum atomic E-state index is 13.9. The zero-order valence-electron chi connectivity index (χ0n) is 23.1. The van der Waals surface area contributed by atoms with Crippen LogP contribution in [0, 0.1) is 17.2 Å². The van der Waals surface area contributed by atoms with Gasteiger partial charge in [0.25, 0.3) is 0 Å². The fourth-order valence-electron chi connectivity index (χ4n) is 6.64. The number of hydrogen-bond acceptors (Lipinski definition) is 6. The molecule has 3 atom stereocenters. The number of benzene rings is 2. The van der Waals surface area contributed by atoms with E-state index in [0.717, 1.165) is 24.3 Å². The SMILES string of the molecule is Cn1c(C(=O)O)c([C@]2(C(N)=O)CCCC[C@H]2C(=O)NC(C#N)Cc2ccc(N3CCOCC3)cc2)c2ccccc21. The second-order valence-electron chi connectivity index (χ2n) is 10.9. The first kappa shape index (κ1) is 28.2. The summed E-state index contributed by atoms with van der Waals surface area (Å²) in [5.74, 6) is -3.32. The third kappa shape index (κ3) is 5.13. The zero-order chi connectivity index (χ0) is 29.1. The molecule has 3 aromatic rings. The summed E-state index contributed by atoms with van der Waals surface area (Å²) < 4.78 is 6.96. The van der Waals surface area contributed by atoms with Gasteiger partial charge >= 0.3 is 5.97 Å². The van der Waals surface area contributed by atoms with Crippen molar-refractivity contribution >= 4 is 34.4 Å². The van der Waals surface area contributed by atoms with Gasteiger partial charge in [-0.3, -0.25) is 9.59 Å². The Morgan fingerprint density at radius 1 is 1.15 bits per heavy atom. The lowest BCUT2D eigenvalue weighted by atomic mass is 9.60. The Labute approximate surface area is 238 Å². The molecule has 0 radical (unpaired) electrons. The molecule has 1 saturated carbocycles. The van der Waals surface area contributed by atoms with Gasteiger partial charge in [0.05, 0.1) is 30.6 Å². The second-order valence-corrected chi connectivity index (χ2v) is 10.9. The number of nitrogens with one attached hydrogen (secondary N) is 1. The number of nitrogens with two attached hydrogens (primary N) is 1. The van der Waals surface area contributed by atoms with E-state index in [1.807, 2.05) is 24.3 Å². The molecule has 2 aromatic carbocycles. The van der Waals surface area contributed by atoms with Crippen LogP contribution in [0.25, 0.3) is 10.9 Å². The summed E-state index contributed by atoms with van der Waals surface area (Å²) in [6.45, 7) is 3.01. The molecular weight excluding hydrogens is 522 g/mol. The molecule has 2 fully saturated rings. The highest BCUT2D eigenvalue weighted by atomic mass is 16.5. The summed E-state index contributed by atoms with van der Waals surface area (Å²) in [4.78, 5) is 42.0. The Bertz CT molecular complexity index is 1500. The van der Waals surface area contributed by atoms with Gasteiger partial charge in [-0.2, -0.15) is 5.26 Å². The molecule has 1 aliphatic heterocycles. The van der Waals surface area contributed by atoms with Gasteiger partial charge in [-0.15, -0.1) is 0 Å². The van der Waals surface area contributed by atoms with E-state index in [1.54, 1.807) is 35.9 Å². The Balaban J connectivity index is 1.44. The highest BCUT2D eigenvalue weighted by Gasteiger charge is 2.54. The minimum atomic E-state index is -1.53. The zero-order valence-corrected chi connectivity index (χ0v) is 23.1. The molecule has 1 aliphatic carbocycles. The minimum Gasteiger partial charge on any atom is -0.477 e. The lowest BCUT2D eigenvalue weighted by Crippen LogP contribution is -2.56. The van der Waals surface area contributed by atoms with E-state index < -0.39 is 35.2 Å². The molecule has 10 heteroatoms. The summed E-state index contributed by atoms with van der Waals surface area (Å²) in [5.41, 5.74) is 7.40. The number of carboxylic acids is 1. The lowest BCUT2D eigenvalue weighted by molar-refractivity contribution is -0.137. The first-order valence-electron chi connectivity index (χ1n) is 14.0. The smallest absolute Gasteiger partial charge is 0.352 e. The summed E-state index contributed by atoms with van der Waals surface area (Å²) in [6, 6.07) is 16.4. The van der Waals surface area contributed by atoms with Crippen LogP contribution in [0.2, 0.25) is 0 Å². The van der Waals surface area contributed by atoms with Crippen molar-refractivity contribution in [3.05, 3.63) is 65.4 Å². The number of primary amides is 1. The second kappa shape index (κ2) is 11.6. The average molecular weight is 558 g/mol. The summed E-state index contributed by atoms with van der Waals surface area (Å²) in [6.07, 6.45) is 2.18. The van der Waals surface area contributed by atoms with Crippen molar-refractivity contribution < 1.29 is 24.2 Å². The molecule has 2 aliphatic rings. The average Bonchev–Trinajstić information content (AvgIpc) is 3.30. The van der Waals surface area contributed by atoms with Gasteiger partial charge in [0.2, 0.25) is 11.8 Å². The molecule has 2 amide bonds. The van der Waals surface area contributed by atoms with Crippen molar-refractivity contribution in [2.75, 3.05) is 31.2 Å². The number of aromatic carboxylic acids is 1. The minimum absolute atomic E-state index is 0.0538. The van der Waals surface area contributed by atoms with Gasteiger partial charge in [-0.1, -0.05) is 43.2 Å². The molecule has 0 bridgehead atoms. The number of hydrogen-bond donors (Lipinski definition) is 3. The van der Waals surface area contributed by atoms with Gasteiger partial charge in [-0.05, 0) is 36.6 Å². The molecule has 1 unspecified atom stereocenters. The number of aromatic nitrogens is 1. The Hall–Kier alpha value is -4.36. The third-order valence-corrected chi connectivity index (χ3v) is 8.65. The number of morpholine rings is 1. The van der Waals surface area contributed by atoms with Crippen LogP contribution < -0.4 is 16.0 Å². The highest BCUT2D eigenvalue weighted by molar-refractivity contribution is 6.06. The third-order valence-electron chi connectivity index (χ3n) is 8.65. The number of aryl methyl sites for hydroxylation is 1. The molecule has 214 valence electrons. The molecule has 41 heavy (non-hydrogen) atoms. The topological polar surface area (TPSA) is 151 Å². The van der Waals surface area contributed by atoms with E-state index in [1.165, 1.54) is 0 Å². The van der Waals surface area contributed by atoms with Gasteiger partial charge in [0, 0.05) is 48.7 Å². The maximum Gasteiger partial charge on any atom is 0.352 e. The monoisotopic (exact) mass is 557 g/mol. The largest absolute Gasteiger partial charge is 0.477 e. The van der Waals surface area contributed by atoms with Crippen molar-refractivity contribution in [3.8, 4) is 6.07 Å². The predicted octanol–water partition coefficient (Wildman–Crippen LogP) is 2.88. The molecule has 2 heterocycles. The number of nitriles is 1. The van der Waals surface area contributed by atoms with E-state index in [9.17, 15) is 24.8 Å². The molecule has 10 nitrogen and oxygen atoms in total. The number of amides is 2. The number of nitrogens with zero attached hydrogens (tertiary/aromatic N) is 3. The first-order valence-corrected chi connectivity index (χ1v) is 14.0. The fourth-order valence-corrected chi connectivity index (χ4v) is 6.64. The maximum absolute atomic E-state index is 13.9. The van der Waals surface area contributed by atoms with Gasteiger partial charge in [-0.25, -0.2) is 4.79 Å². The molecule has 4 N–H and O–H groups in total. The van der Waals surface area contributed by atoms with Crippen molar-refractivity contribution in [2.24, 2.45) is 18.7 Å². The summed E-state index contributed by atoms with van der Waals surface area (Å²) in [7, 11) is 1.64. The molecular formula is C31H35N5O5. The van der Waals surface area contributed by atoms with Crippen LogP contribution in [0.15, 0.2) is 48.5 Å². The molecule has 1 saturated heterocycles. The molecule has 5 rings (SSSR count). The number of carboxylic acid groups (broad SMARTS) is 1. The van der Waals surface area contributed by atoms with Crippen LogP contribution in [0.5, 0.6) is 0 Å². The number of ether oxygens (including phenoxy) is 1. The normalized spacial score (nSPS) is 21.7. The van der Waals surface area contributed by atoms with E-state index in [-0.39, 0.29) is 24.1 Å². The predicted molar refractivity (Wildman–Crippen MR) is 153 cm³/mol. The van der Waals surface area contributed by atoms with Gasteiger partial charge in [0.1, 0.15) is 11.7 Å². The number of carbonyl (C=O) groups is 3. The van der Waals surface area contributed by atoms with E-state index in [0.29, 0.717) is 43.4 Å². The fraction of sp³-hybridized carbons (Fsp3) is 0.419. The van der Waals surface area contributed by atoms with Crippen molar-refractivity contribution in [2.45, 2.75) is 43.6 Å². The lowest BCUT2D eigenvalue weighted by Gasteiger charge is -2.41. The van der Waals surface area contributed by atoms with Crippen molar-refractivity contribution in [1.82, 2.24) is 9.88 Å². The van der Waals surface area contributed by atoms with Crippen molar-refractivity contribution in [1.29, 1.82) is 5.26 Å².